The molecule has 0 amide bonds. The average molecular weight is 292 g/mol. The van der Waals surface area contributed by atoms with Gasteiger partial charge in [0.2, 0.25) is 0 Å². The summed E-state index contributed by atoms with van der Waals surface area (Å²) < 4.78 is 10.5. The molecule has 4 aliphatic rings. The number of allylic oxidation sites excluding steroid dienone is 1. The third-order valence-corrected chi connectivity index (χ3v) is 5.95. The van der Waals surface area contributed by atoms with Crippen molar-refractivity contribution in [3.8, 4) is 0 Å². The number of aliphatic hydroxyl groups excluding tert-OH is 1. The molecule has 2 saturated heterocycles. The van der Waals surface area contributed by atoms with Crippen molar-refractivity contribution in [1.82, 2.24) is 0 Å². The number of esters is 2. The molecule has 112 valence electrons. The first-order valence-corrected chi connectivity index (χ1v) is 7.14. The molecule has 0 aromatic heterocycles. The van der Waals surface area contributed by atoms with Crippen molar-refractivity contribution in [2.45, 2.75) is 32.5 Å². The van der Waals surface area contributed by atoms with Crippen LogP contribution >= 0.6 is 0 Å². The first kappa shape index (κ1) is 13.0. The standard InChI is InChI=1S/C15H16O6/c1-6-7(16)3-9-14(2)5-20-12(18)10(14)8-4-15(6,9)11(17)13(19)21-8/h3,6,8,10-11,17H,4-5H2,1-2H3/t6-,8?,10?,11?,14-,15?/m0/s1. The molecule has 1 N–H and O–H groups in total. The van der Waals surface area contributed by atoms with Gasteiger partial charge in [0.1, 0.15) is 18.6 Å². The van der Waals surface area contributed by atoms with Gasteiger partial charge in [-0.05, 0) is 18.1 Å². The lowest BCUT2D eigenvalue weighted by atomic mass is 9.50. The molecule has 0 aromatic carbocycles. The Hall–Kier alpha value is -1.69. The van der Waals surface area contributed by atoms with E-state index in [-0.39, 0.29) is 12.4 Å². The Kier molecular flexibility index (Phi) is 2.20. The number of ether oxygens (including phenoxy) is 2. The molecule has 2 heterocycles. The summed E-state index contributed by atoms with van der Waals surface area (Å²) in [6, 6.07) is 0. The number of hydrogen-bond donors (Lipinski definition) is 1. The third-order valence-electron chi connectivity index (χ3n) is 5.95. The molecule has 1 saturated carbocycles. The van der Waals surface area contributed by atoms with Crippen molar-refractivity contribution in [2.75, 3.05) is 6.61 Å². The first-order valence-electron chi connectivity index (χ1n) is 7.14. The summed E-state index contributed by atoms with van der Waals surface area (Å²) in [5.41, 5.74) is -0.956. The van der Waals surface area contributed by atoms with Crippen LogP contribution in [0.15, 0.2) is 11.6 Å². The number of fused-ring (bicyclic) bond motifs is 4. The number of hydrogen-bond acceptors (Lipinski definition) is 6. The quantitative estimate of drug-likeness (QED) is 0.631. The first-order chi connectivity index (χ1) is 9.82. The molecule has 21 heavy (non-hydrogen) atoms. The van der Waals surface area contributed by atoms with Gasteiger partial charge in [0.25, 0.3) is 0 Å². The Labute approximate surface area is 121 Å². The van der Waals surface area contributed by atoms with E-state index in [9.17, 15) is 19.5 Å². The molecule has 1 spiro atoms. The summed E-state index contributed by atoms with van der Waals surface area (Å²) in [6.45, 7) is 3.74. The van der Waals surface area contributed by atoms with Gasteiger partial charge in [0, 0.05) is 16.7 Å². The van der Waals surface area contributed by atoms with E-state index in [1.54, 1.807) is 6.92 Å². The maximum absolute atomic E-state index is 12.2. The molecule has 6 nitrogen and oxygen atoms in total. The molecular formula is C15H16O6. The summed E-state index contributed by atoms with van der Waals surface area (Å²) in [6.07, 6.45) is -0.188. The Morgan fingerprint density at radius 2 is 2.00 bits per heavy atom. The fraction of sp³-hybridized carbons (Fsp3) is 0.667. The molecule has 0 radical (unpaired) electrons. The monoisotopic (exact) mass is 292 g/mol. The van der Waals surface area contributed by atoms with Crippen molar-refractivity contribution in [2.24, 2.45) is 22.7 Å². The molecule has 2 bridgehead atoms. The van der Waals surface area contributed by atoms with Gasteiger partial charge in [-0.15, -0.1) is 0 Å². The maximum Gasteiger partial charge on any atom is 0.336 e. The Bertz CT molecular complexity index is 622. The highest BCUT2D eigenvalue weighted by atomic mass is 16.6. The van der Waals surface area contributed by atoms with Gasteiger partial charge in [-0.3, -0.25) is 9.59 Å². The lowest BCUT2D eigenvalue weighted by Crippen LogP contribution is -2.63. The highest BCUT2D eigenvalue weighted by Crippen LogP contribution is 2.65. The van der Waals surface area contributed by atoms with Crippen LogP contribution in [0.2, 0.25) is 0 Å². The van der Waals surface area contributed by atoms with Crippen LogP contribution in [0.3, 0.4) is 0 Å². The molecule has 6 heteroatoms. The minimum absolute atomic E-state index is 0.112. The van der Waals surface area contributed by atoms with Crippen molar-refractivity contribution in [3.63, 3.8) is 0 Å². The SMILES string of the molecule is C[C@H]1C(=O)C=C2C13CC(OC(=O)C3O)C1C(=O)OC[C@@]21C. The molecule has 4 unspecified atom stereocenters. The number of carbonyl (C=O) groups excluding carboxylic acids is 3. The summed E-state index contributed by atoms with van der Waals surface area (Å²) in [4.78, 5) is 36.3. The normalized spacial score (nSPS) is 51.0. The summed E-state index contributed by atoms with van der Waals surface area (Å²) in [5.74, 6) is -2.34. The number of aliphatic hydroxyl groups is 1. The van der Waals surface area contributed by atoms with Crippen LogP contribution in [-0.2, 0) is 23.9 Å². The molecular weight excluding hydrogens is 276 g/mol. The Morgan fingerprint density at radius 3 is 2.71 bits per heavy atom. The van der Waals surface area contributed by atoms with Crippen LogP contribution < -0.4 is 0 Å². The average Bonchev–Trinajstić information content (AvgIpc) is 2.87. The zero-order valence-corrected chi connectivity index (χ0v) is 11.8. The van der Waals surface area contributed by atoms with Crippen molar-refractivity contribution in [3.05, 3.63) is 11.6 Å². The third kappa shape index (κ3) is 1.22. The molecule has 4 rings (SSSR count). The summed E-state index contributed by atoms with van der Waals surface area (Å²) in [7, 11) is 0. The predicted octanol–water partition coefficient (Wildman–Crippen LogP) is -0.0127. The molecule has 3 fully saturated rings. The van der Waals surface area contributed by atoms with E-state index in [1.165, 1.54) is 6.08 Å². The van der Waals surface area contributed by atoms with Crippen LogP contribution in [0, 0.1) is 22.7 Å². The van der Waals surface area contributed by atoms with E-state index >= 15 is 0 Å². The number of cyclic esters (lactones) is 1. The second-order valence-corrected chi connectivity index (χ2v) is 6.81. The van der Waals surface area contributed by atoms with E-state index in [4.69, 9.17) is 9.47 Å². The van der Waals surface area contributed by atoms with Gasteiger partial charge < -0.3 is 14.6 Å². The smallest absolute Gasteiger partial charge is 0.336 e. The predicted molar refractivity (Wildman–Crippen MR) is 67.7 cm³/mol. The van der Waals surface area contributed by atoms with Crippen molar-refractivity contribution in [1.29, 1.82) is 0 Å². The van der Waals surface area contributed by atoms with E-state index in [0.29, 0.717) is 12.0 Å². The van der Waals surface area contributed by atoms with Gasteiger partial charge in [-0.2, -0.15) is 0 Å². The van der Waals surface area contributed by atoms with E-state index < -0.39 is 46.8 Å². The fourth-order valence-corrected chi connectivity index (χ4v) is 4.82. The Balaban J connectivity index is 1.97. The van der Waals surface area contributed by atoms with E-state index in [1.807, 2.05) is 6.92 Å². The van der Waals surface area contributed by atoms with Crippen LogP contribution in [0.25, 0.3) is 0 Å². The van der Waals surface area contributed by atoms with Crippen molar-refractivity contribution < 1.29 is 29.0 Å². The highest BCUT2D eigenvalue weighted by Gasteiger charge is 2.72. The largest absolute Gasteiger partial charge is 0.464 e. The van der Waals surface area contributed by atoms with Gasteiger partial charge in [0.15, 0.2) is 11.9 Å². The zero-order chi connectivity index (χ0) is 15.2. The Morgan fingerprint density at radius 1 is 1.29 bits per heavy atom. The summed E-state index contributed by atoms with van der Waals surface area (Å²) in [5, 5.41) is 10.4. The number of rotatable bonds is 0. The number of carbonyl (C=O) groups is 3. The molecule has 6 atom stereocenters. The molecule has 0 aromatic rings. The van der Waals surface area contributed by atoms with E-state index in [2.05, 4.69) is 0 Å². The maximum atomic E-state index is 12.2. The molecule has 2 aliphatic carbocycles. The van der Waals surface area contributed by atoms with Crippen LogP contribution in [-0.4, -0.2) is 41.6 Å². The number of ketones is 1. The topological polar surface area (TPSA) is 89.9 Å². The van der Waals surface area contributed by atoms with Crippen LogP contribution in [0.1, 0.15) is 20.3 Å². The summed E-state index contributed by atoms with van der Waals surface area (Å²) >= 11 is 0. The second-order valence-electron chi connectivity index (χ2n) is 6.81. The minimum Gasteiger partial charge on any atom is -0.464 e. The van der Waals surface area contributed by atoms with Gasteiger partial charge in [0.05, 0.1) is 0 Å². The molecule has 2 aliphatic heterocycles. The van der Waals surface area contributed by atoms with Gasteiger partial charge >= 0.3 is 11.9 Å². The zero-order valence-electron chi connectivity index (χ0n) is 11.8. The van der Waals surface area contributed by atoms with Gasteiger partial charge in [-0.1, -0.05) is 13.8 Å². The van der Waals surface area contributed by atoms with E-state index in [0.717, 1.165) is 0 Å². The van der Waals surface area contributed by atoms with Crippen LogP contribution in [0.4, 0.5) is 0 Å². The minimum atomic E-state index is -1.37. The fourth-order valence-electron chi connectivity index (χ4n) is 4.82. The van der Waals surface area contributed by atoms with Crippen molar-refractivity contribution >= 4 is 17.7 Å². The highest BCUT2D eigenvalue weighted by molar-refractivity contribution is 5.99. The second kappa shape index (κ2) is 3.55. The lowest BCUT2D eigenvalue weighted by Gasteiger charge is -2.55. The van der Waals surface area contributed by atoms with Crippen LogP contribution in [0.5, 0.6) is 0 Å². The van der Waals surface area contributed by atoms with Gasteiger partial charge in [-0.25, -0.2) is 4.79 Å². The lowest BCUT2D eigenvalue weighted by molar-refractivity contribution is -0.201.